The fourth-order valence-corrected chi connectivity index (χ4v) is 3.85. The van der Waals surface area contributed by atoms with Crippen LogP contribution in [-0.2, 0) is 10.2 Å². The third kappa shape index (κ3) is 2.98. The van der Waals surface area contributed by atoms with Crippen LogP contribution in [0.4, 0.5) is 0 Å². The Kier molecular flexibility index (Phi) is 4.03. The van der Waals surface area contributed by atoms with E-state index in [0.29, 0.717) is 24.4 Å². The number of hydrogen-bond acceptors (Lipinski definition) is 2. The minimum absolute atomic E-state index is 0.0997. The molecule has 2 fully saturated rings. The van der Waals surface area contributed by atoms with E-state index in [2.05, 4.69) is 48.3 Å². The molecule has 2 aliphatic rings. The molecule has 114 valence electrons. The van der Waals surface area contributed by atoms with Gasteiger partial charge in [0, 0.05) is 25.0 Å². The third-order valence-electron chi connectivity index (χ3n) is 5.09. The van der Waals surface area contributed by atoms with Gasteiger partial charge in [-0.15, -0.1) is 0 Å². The van der Waals surface area contributed by atoms with Crippen molar-refractivity contribution in [3.05, 3.63) is 35.9 Å². The predicted molar refractivity (Wildman–Crippen MR) is 85.2 cm³/mol. The van der Waals surface area contributed by atoms with Crippen molar-refractivity contribution < 1.29 is 4.79 Å². The standard InChI is InChI=1S/C18H26N2O/c1-18(2,14-6-4-3-5-7-14)12-17(21)20-15-8-9-16(20)13-19-11-10-15/h3-7,15-16,19H,8-13H2,1-2H3. The summed E-state index contributed by atoms with van der Waals surface area (Å²) >= 11 is 0. The maximum atomic E-state index is 12.9. The maximum Gasteiger partial charge on any atom is 0.223 e. The molecule has 21 heavy (non-hydrogen) atoms. The Hall–Kier alpha value is -1.35. The monoisotopic (exact) mass is 286 g/mol. The Morgan fingerprint density at radius 1 is 1.19 bits per heavy atom. The van der Waals surface area contributed by atoms with Crippen molar-refractivity contribution in [2.45, 2.75) is 57.0 Å². The van der Waals surface area contributed by atoms with E-state index >= 15 is 0 Å². The molecule has 2 atom stereocenters. The van der Waals surface area contributed by atoms with Crippen LogP contribution >= 0.6 is 0 Å². The van der Waals surface area contributed by atoms with Crippen molar-refractivity contribution in [1.29, 1.82) is 0 Å². The highest BCUT2D eigenvalue weighted by atomic mass is 16.2. The molecule has 2 bridgehead atoms. The smallest absolute Gasteiger partial charge is 0.223 e. The lowest BCUT2D eigenvalue weighted by Gasteiger charge is -2.32. The topological polar surface area (TPSA) is 32.3 Å². The molecule has 2 saturated heterocycles. The van der Waals surface area contributed by atoms with Gasteiger partial charge < -0.3 is 10.2 Å². The molecular formula is C18H26N2O. The Morgan fingerprint density at radius 2 is 1.90 bits per heavy atom. The van der Waals surface area contributed by atoms with Crippen LogP contribution < -0.4 is 5.32 Å². The molecule has 1 amide bonds. The van der Waals surface area contributed by atoms with E-state index < -0.39 is 0 Å². The van der Waals surface area contributed by atoms with Crippen molar-refractivity contribution >= 4 is 5.91 Å². The minimum Gasteiger partial charge on any atom is -0.335 e. The van der Waals surface area contributed by atoms with Gasteiger partial charge in [0.25, 0.3) is 0 Å². The second-order valence-electron chi connectivity index (χ2n) is 7.11. The summed E-state index contributed by atoms with van der Waals surface area (Å²) in [6, 6.07) is 11.3. The van der Waals surface area contributed by atoms with Crippen LogP contribution in [0.1, 0.15) is 45.1 Å². The van der Waals surface area contributed by atoms with Gasteiger partial charge in [-0.25, -0.2) is 0 Å². The molecule has 0 aromatic heterocycles. The molecule has 1 aromatic carbocycles. The minimum atomic E-state index is -0.0997. The molecule has 2 heterocycles. The van der Waals surface area contributed by atoms with E-state index in [-0.39, 0.29) is 5.41 Å². The lowest BCUT2D eigenvalue weighted by molar-refractivity contribution is -0.134. The molecule has 3 heteroatoms. The van der Waals surface area contributed by atoms with Crippen LogP contribution in [0.25, 0.3) is 0 Å². The molecule has 2 unspecified atom stereocenters. The quantitative estimate of drug-likeness (QED) is 0.926. The second kappa shape index (κ2) is 5.80. The number of rotatable bonds is 3. The highest BCUT2D eigenvalue weighted by molar-refractivity contribution is 5.79. The van der Waals surface area contributed by atoms with Gasteiger partial charge in [0.05, 0.1) is 0 Å². The van der Waals surface area contributed by atoms with Crippen LogP contribution in [0.3, 0.4) is 0 Å². The molecule has 2 aliphatic heterocycles. The van der Waals surface area contributed by atoms with Crippen molar-refractivity contribution in [2.24, 2.45) is 0 Å². The first kappa shape index (κ1) is 14.6. The average molecular weight is 286 g/mol. The number of benzene rings is 1. The number of carbonyl (C=O) groups excluding carboxylic acids is 1. The van der Waals surface area contributed by atoms with Crippen LogP contribution in [0.5, 0.6) is 0 Å². The summed E-state index contributed by atoms with van der Waals surface area (Å²) in [7, 11) is 0. The van der Waals surface area contributed by atoms with E-state index in [0.717, 1.165) is 25.9 Å². The molecule has 0 saturated carbocycles. The average Bonchev–Trinajstić information content (AvgIpc) is 2.73. The van der Waals surface area contributed by atoms with E-state index in [1.54, 1.807) is 0 Å². The molecular weight excluding hydrogens is 260 g/mol. The Labute approximate surface area is 127 Å². The summed E-state index contributed by atoms with van der Waals surface area (Å²) in [6.45, 7) is 6.37. The van der Waals surface area contributed by atoms with Gasteiger partial charge in [0.15, 0.2) is 0 Å². The molecule has 0 spiro atoms. The van der Waals surface area contributed by atoms with Gasteiger partial charge in [-0.2, -0.15) is 0 Å². The van der Waals surface area contributed by atoms with Crippen molar-refractivity contribution in [3.63, 3.8) is 0 Å². The number of hydrogen-bond donors (Lipinski definition) is 1. The summed E-state index contributed by atoms with van der Waals surface area (Å²) in [6.07, 6.45) is 4.05. The van der Waals surface area contributed by atoms with Gasteiger partial charge in [-0.3, -0.25) is 4.79 Å². The van der Waals surface area contributed by atoms with Crippen molar-refractivity contribution in [1.82, 2.24) is 10.2 Å². The first-order valence-corrected chi connectivity index (χ1v) is 8.15. The van der Waals surface area contributed by atoms with Gasteiger partial charge in [-0.05, 0) is 36.8 Å². The lowest BCUT2D eigenvalue weighted by Crippen LogP contribution is -2.44. The normalized spacial score (nSPS) is 25.7. The summed E-state index contributed by atoms with van der Waals surface area (Å²) in [5.41, 5.74) is 1.15. The SMILES string of the molecule is CC(C)(CC(=O)N1C2CCNCC1CC2)c1ccccc1. The summed E-state index contributed by atoms with van der Waals surface area (Å²) in [5.74, 6) is 0.333. The predicted octanol–water partition coefficient (Wildman–Crippen LogP) is 2.71. The fraction of sp³-hybridized carbons (Fsp3) is 0.611. The number of carbonyl (C=O) groups is 1. The number of nitrogens with one attached hydrogen (secondary N) is 1. The molecule has 0 radical (unpaired) electrons. The zero-order valence-corrected chi connectivity index (χ0v) is 13.1. The number of fused-ring (bicyclic) bond motifs is 2. The third-order valence-corrected chi connectivity index (χ3v) is 5.09. The number of nitrogens with zero attached hydrogens (tertiary/aromatic N) is 1. The molecule has 0 aliphatic carbocycles. The van der Waals surface area contributed by atoms with Crippen LogP contribution in [0.2, 0.25) is 0 Å². The van der Waals surface area contributed by atoms with E-state index in [1.165, 1.54) is 12.0 Å². The van der Waals surface area contributed by atoms with Gasteiger partial charge in [-0.1, -0.05) is 44.2 Å². The first-order chi connectivity index (χ1) is 10.1. The zero-order chi connectivity index (χ0) is 14.9. The molecule has 3 nitrogen and oxygen atoms in total. The Bertz CT molecular complexity index is 483. The molecule has 1 N–H and O–H groups in total. The van der Waals surface area contributed by atoms with E-state index in [4.69, 9.17) is 0 Å². The van der Waals surface area contributed by atoms with Crippen molar-refractivity contribution in [3.8, 4) is 0 Å². The summed E-state index contributed by atoms with van der Waals surface area (Å²) < 4.78 is 0. The van der Waals surface area contributed by atoms with Gasteiger partial charge >= 0.3 is 0 Å². The first-order valence-electron chi connectivity index (χ1n) is 8.15. The van der Waals surface area contributed by atoms with E-state index in [1.807, 2.05) is 6.07 Å². The largest absolute Gasteiger partial charge is 0.335 e. The summed E-state index contributed by atoms with van der Waals surface area (Å²) in [5, 5.41) is 3.46. The van der Waals surface area contributed by atoms with Gasteiger partial charge in [0.2, 0.25) is 5.91 Å². The van der Waals surface area contributed by atoms with E-state index in [9.17, 15) is 4.79 Å². The Morgan fingerprint density at radius 3 is 2.67 bits per heavy atom. The van der Waals surface area contributed by atoms with Gasteiger partial charge in [0.1, 0.15) is 0 Å². The van der Waals surface area contributed by atoms with Crippen LogP contribution in [0, 0.1) is 0 Å². The van der Waals surface area contributed by atoms with Crippen LogP contribution in [0.15, 0.2) is 30.3 Å². The Balaban J connectivity index is 1.74. The zero-order valence-electron chi connectivity index (χ0n) is 13.1. The van der Waals surface area contributed by atoms with Crippen molar-refractivity contribution in [2.75, 3.05) is 13.1 Å². The molecule has 3 rings (SSSR count). The highest BCUT2D eigenvalue weighted by Gasteiger charge is 2.39. The highest BCUT2D eigenvalue weighted by Crippen LogP contribution is 2.33. The fourth-order valence-electron chi connectivity index (χ4n) is 3.85. The second-order valence-corrected chi connectivity index (χ2v) is 7.11. The lowest BCUT2D eigenvalue weighted by atomic mass is 9.81. The maximum absolute atomic E-state index is 12.9. The molecule has 1 aromatic rings. The number of amides is 1. The summed E-state index contributed by atoms with van der Waals surface area (Å²) in [4.78, 5) is 15.1. The van der Waals surface area contributed by atoms with Crippen LogP contribution in [-0.4, -0.2) is 36.0 Å².